The first-order valence-electron chi connectivity index (χ1n) is 8.71. The number of nitrogens with zero attached hydrogens (tertiary/aromatic N) is 1. The van der Waals surface area contributed by atoms with Crippen LogP contribution in [0.1, 0.15) is 17.3 Å². The van der Waals surface area contributed by atoms with E-state index in [2.05, 4.69) is 20.9 Å². The first-order valence-corrected chi connectivity index (χ1v) is 8.71. The van der Waals surface area contributed by atoms with Gasteiger partial charge in [0.25, 0.3) is 5.91 Å². The second kappa shape index (κ2) is 8.83. The molecule has 0 bridgehead atoms. The molecule has 3 aromatic rings. The third kappa shape index (κ3) is 4.86. The van der Waals surface area contributed by atoms with Crippen molar-refractivity contribution in [2.24, 2.45) is 0 Å². The fraction of sp³-hybridized carbons (Fsp3) is 0.0952. The molecule has 0 aliphatic rings. The van der Waals surface area contributed by atoms with Crippen LogP contribution in [0.3, 0.4) is 0 Å². The lowest BCUT2D eigenvalue weighted by Gasteiger charge is -2.14. The van der Waals surface area contributed by atoms with Gasteiger partial charge in [0.2, 0.25) is 5.91 Å². The average molecular weight is 394 g/mol. The maximum absolute atomic E-state index is 13.8. The zero-order valence-corrected chi connectivity index (χ0v) is 15.8. The highest BCUT2D eigenvalue weighted by Crippen LogP contribution is 2.28. The van der Waals surface area contributed by atoms with Gasteiger partial charge in [-0.3, -0.25) is 9.59 Å². The Kier molecular flexibility index (Phi) is 6.03. The normalized spacial score (nSPS) is 10.2. The summed E-state index contributed by atoms with van der Waals surface area (Å²) in [6.07, 6.45) is 1.56. The number of methoxy groups -OCH3 is 1. The van der Waals surface area contributed by atoms with Crippen LogP contribution in [0.25, 0.3) is 0 Å². The van der Waals surface area contributed by atoms with Crippen LogP contribution < -0.4 is 20.7 Å². The monoisotopic (exact) mass is 394 g/mol. The smallest absolute Gasteiger partial charge is 0.259 e. The van der Waals surface area contributed by atoms with Crippen molar-refractivity contribution in [3.05, 3.63) is 72.2 Å². The number of para-hydroxylation sites is 2. The van der Waals surface area contributed by atoms with Crippen molar-refractivity contribution >= 4 is 34.7 Å². The molecule has 148 valence electrons. The van der Waals surface area contributed by atoms with Gasteiger partial charge in [0.15, 0.2) is 0 Å². The quantitative estimate of drug-likeness (QED) is 0.583. The summed E-state index contributed by atoms with van der Waals surface area (Å²) in [6.45, 7) is 1.27. The molecule has 0 saturated carbocycles. The van der Waals surface area contributed by atoms with Crippen molar-refractivity contribution in [1.82, 2.24) is 4.98 Å². The summed E-state index contributed by atoms with van der Waals surface area (Å²) in [7, 11) is 1.55. The van der Waals surface area contributed by atoms with Gasteiger partial charge >= 0.3 is 0 Å². The van der Waals surface area contributed by atoms with E-state index in [1.54, 1.807) is 37.6 Å². The number of hydrogen-bond donors (Lipinski definition) is 3. The van der Waals surface area contributed by atoms with Gasteiger partial charge in [0.05, 0.1) is 24.0 Å². The Bertz CT molecular complexity index is 1060. The first kappa shape index (κ1) is 19.8. The predicted octanol–water partition coefficient (Wildman–Crippen LogP) is 4.18. The number of carbonyl (C=O) groups is 2. The van der Waals surface area contributed by atoms with Crippen LogP contribution in [0.5, 0.6) is 5.75 Å². The summed E-state index contributed by atoms with van der Waals surface area (Å²) in [4.78, 5) is 28.2. The van der Waals surface area contributed by atoms with Crippen molar-refractivity contribution in [2.75, 3.05) is 23.1 Å². The summed E-state index contributed by atoms with van der Waals surface area (Å²) >= 11 is 0. The van der Waals surface area contributed by atoms with Gasteiger partial charge < -0.3 is 20.7 Å². The Morgan fingerprint density at radius 3 is 2.55 bits per heavy atom. The highest BCUT2D eigenvalue weighted by molar-refractivity contribution is 6.08. The van der Waals surface area contributed by atoms with Gasteiger partial charge in [-0.1, -0.05) is 12.1 Å². The van der Waals surface area contributed by atoms with Crippen molar-refractivity contribution < 1.29 is 18.7 Å². The lowest BCUT2D eigenvalue weighted by molar-refractivity contribution is -0.114. The number of carbonyl (C=O) groups excluding carboxylic acids is 2. The molecule has 29 heavy (non-hydrogen) atoms. The summed E-state index contributed by atoms with van der Waals surface area (Å²) < 4.78 is 19.1. The number of pyridine rings is 1. The molecule has 0 unspecified atom stereocenters. The molecule has 3 rings (SSSR count). The highest BCUT2D eigenvalue weighted by Gasteiger charge is 2.15. The molecule has 2 aromatic carbocycles. The molecule has 0 aliphatic carbocycles. The van der Waals surface area contributed by atoms with E-state index in [1.165, 1.54) is 19.1 Å². The summed E-state index contributed by atoms with van der Waals surface area (Å²) in [5, 5.41) is 8.16. The van der Waals surface area contributed by atoms with Crippen molar-refractivity contribution in [3.8, 4) is 5.75 Å². The number of anilines is 4. The summed E-state index contributed by atoms with van der Waals surface area (Å²) in [6, 6.07) is 14.4. The topological polar surface area (TPSA) is 92.3 Å². The second-order valence-electron chi connectivity index (χ2n) is 6.05. The van der Waals surface area contributed by atoms with E-state index in [1.807, 2.05) is 12.1 Å². The molecule has 1 heterocycles. The predicted molar refractivity (Wildman–Crippen MR) is 109 cm³/mol. The van der Waals surface area contributed by atoms with Gasteiger partial charge in [-0.15, -0.1) is 0 Å². The minimum absolute atomic E-state index is 0.0196. The van der Waals surface area contributed by atoms with Crippen LogP contribution in [0, 0.1) is 5.82 Å². The van der Waals surface area contributed by atoms with Crippen LogP contribution in [-0.4, -0.2) is 23.9 Å². The number of aromatic nitrogens is 1. The van der Waals surface area contributed by atoms with E-state index in [4.69, 9.17) is 4.74 Å². The van der Waals surface area contributed by atoms with Crippen LogP contribution in [-0.2, 0) is 4.79 Å². The van der Waals surface area contributed by atoms with Crippen LogP contribution in [0.2, 0.25) is 0 Å². The Hall–Kier alpha value is -3.94. The van der Waals surface area contributed by atoms with E-state index >= 15 is 0 Å². The largest absolute Gasteiger partial charge is 0.495 e. The summed E-state index contributed by atoms with van der Waals surface area (Å²) in [5.41, 5.74) is 1.24. The Balaban J connectivity index is 1.85. The zero-order valence-electron chi connectivity index (χ0n) is 15.8. The van der Waals surface area contributed by atoms with E-state index in [-0.39, 0.29) is 11.3 Å². The van der Waals surface area contributed by atoms with E-state index < -0.39 is 17.6 Å². The van der Waals surface area contributed by atoms with Crippen LogP contribution in [0.4, 0.5) is 27.3 Å². The number of halogens is 1. The summed E-state index contributed by atoms with van der Waals surface area (Å²) in [5.74, 6) is -0.529. The number of nitrogens with one attached hydrogen (secondary N) is 3. The van der Waals surface area contributed by atoms with Crippen LogP contribution in [0.15, 0.2) is 60.8 Å². The Morgan fingerprint density at radius 1 is 1.00 bits per heavy atom. The van der Waals surface area contributed by atoms with Crippen molar-refractivity contribution in [1.29, 1.82) is 0 Å². The number of hydrogen-bond acceptors (Lipinski definition) is 5. The second-order valence-corrected chi connectivity index (χ2v) is 6.05. The molecular weight excluding hydrogens is 375 g/mol. The number of amides is 2. The molecular formula is C21H19FN4O3. The minimum Gasteiger partial charge on any atom is -0.495 e. The van der Waals surface area contributed by atoms with Crippen molar-refractivity contribution in [2.45, 2.75) is 6.92 Å². The standard InChI is InChI=1S/C21H19FN4O3/c1-13(27)24-18-12-14(9-10-16(18)22)25-21(28)15-6-5-11-23-20(15)26-17-7-3-4-8-19(17)29-2/h3-12H,1-2H3,(H,23,26)(H,24,27)(H,25,28). The minimum atomic E-state index is -0.599. The van der Waals surface area contributed by atoms with E-state index in [9.17, 15) is 14.0 Å². The molecule has 0 spiro atoms. The third-order valence-electron chi connectivity index (χ3n) is 3.95. The van der Waals surface area contributed by atoms with Crippen LogP contribution >= 0.6 is 0 Å². The molecule has 8 heteroatoms. The molecule has 1 aromatic heterocycles. The van der Waals surface area contributed by atoms with E-state index in [0.717, 1.165) is 6.07 Å². The fourth-order valence-electron chi connectivity index (χ4n) is 2.65. The molecule has 0 radical (unpaired) electrons. The third-order valence-corrected chi connectivity index (χ3v) is 3.95. The highest BCUT2D eigenvalue weighted by atomic mass is 19.1. The molecule has 3 N–H and O–H groups in total. The molecule has 7 nitrogen and oxygen atoms in total. The molecule has 2 amide bonds. The van der Waals surface area contributed by atoms with Gasteiger partial charge in [-0.05, 0) is 42.5 Å². The van der Waals surface area contributed by atoms with Gasteiger partial charge in [0, 0.05) is 18.8 Å². The Labute approximate surface area is 166 Å². The molecule has 0 atom stereocenters. The Morgan fingerprint density at radius 2 is 1.79 bits per heavy atom. The van der Waals surface area contributed by atoms with Gasteiger partial charge in [0.1, 0.15) is 17.4 Å². The van der Waals surface area contributed by atoms with E-state index in [0.29, 0.717) is 22.9 Å². The number of ether oxygens (including phenoxy) is 1. The maximum atomic E-state index is 13.8. The average Bonchev–Trinajstić information content (AvgIpc) is 2.71. The first-order chi connectivity index (χ1) is 14.0. The van der Waals surface area contributed by atoms with Gasteiger partial charge in [-0.25, -0.2) is 9.37 Å². The molecule has 0 fully saturated rings. The maximum Gasteiger partial charge on any atom is 0.259 e. The number of rotatable bonds is 6. The number of benzene rings is 2. The zero-order chi connectivity index (χ0) is 20.8. The molecule has 0 aliphatic heterocycles. The lowest BCUT2D eigenvalue weighted by Crippen LogP contribution is -2.15. The van der Waals surface area contributed by atoms with Gasteiger partial charge in [-0.2, -0.15) is 0 Å². The SMILES string of the molecule is COc1ccccc1Nc1ncccc1C(=O)Nc1ccc(F)c(NC(C)=O)c1. The fourth-order valence-corrected chi connectivity index (χ4v) is 2.65. The van der Waals surface area contributed by atoms with Crippen molar-refractivity contribution in [3.63, 3.8) is 0 Å². The lowest BCUT2D eigenvalue weighted by atomic mass is 10.2. The molecule has 0 saturated heterocycles.